The van der Waals surface area contributed by atoms with E-state index in [9.17, 15) is 14.4 Å². The lowest BCUT2D eigenvalue weighted by atomic mass is 10.2. The second-order valence-corrected chi connectivity index (χ2v) is 7.86. The zero-order valence-corrected chi connectivity index (χ0v) is 18.0. The van der Waals surface area contributed by atoms with Crippen molar-refractivity contribution in [2.24, 2.45) is 0 Å². The first kappa shape index (κ1) is 21.6. The fourth-order valence-corrected chi connectivity index (χ4v) is 4.01. The second kappa shape index (κ2) is 9.57. The Balaban J connectivity index is 1.58. The minimum absolute atomic E-state index is 0.152. The number of rotatable bonds is 4. The number of hydrogen-bond acceptors (Lipinski definition) is 6. The molecule has 0 spiro atoms. The van der Waals surface area contributed by atoms with E-state index in [1.807, 2.05) is 25.1 Å². The fraction of sp³-hybridized carbons (Fsp3) is 0.400. The number of anilines is 2. The van der Waals surface area contributed by atoms with Crippen molar-refractivity contribution in [1.29, 1.82) is 0 Å². The van der Waals surface area contributed by atoms with Gasteiger partial charge in [0, 0.05) is 31.9 Å². The molecule has 1 aromatic heterocycles. The molecule has 30 heavy (non-hydrogen) atoms. The topological polar surface area (TPSA) is 104 Å². The molecule has 0 aliphatic carbocycles. The highest BCUT2D eigenvalue weighted by Gasteiger charge is 2.28. The number of aromatic nitrogens is 1. The van der Waals surface area contributed by atoms with Crippen molar-refractivity contribution in [2.75, 3.05) is 43.4 Å². The first-order valence-electron chi connectivity index (χ1n) is 9.70. The van der Waals surface area contributed by atoms with E-state index in [0.29, 0.717) is 54.2 Å². The Morgan fingerprint density at radius 2 is 1.80 bits per heavy atom. The molecule has 0 bridgehead atoms. The van der Waals surface area contributed by atoms with Gasteiger partial charge in [-0.15, -0.1) is 0 Å². The lowest BCUT2D eigenvalue weighted by Crippen LogP contribution is -2.50. The molecule has 1 aliphatic heterocycles. The maximum Gasteiger partial charge on any atom is 0.409 e. The number of benzene rings is 1. The number of ether oxygens (including phenoxy) is 1. The first-order valence-corrected chi connectivity index (χ1v) is 10.5. The van der Waals surface area contributed by atoms with Gasteiger partial charge < -0.3 is 19.9 Å². The molecular formula is C20H25N5O4S. The van der Waals surface area contributed by atoms with E-state index in [2.05, 4.69) is 15.6 Å². The van der Waals surface area contributed by atoms with E-state index in [-0.39, 0.29) is 12.0 Å². The van der Waals surface area contributed by atoms with Crippen LogP contribution in [0.3, 0.4) is 0 Å². The smallest absolute Gasteiger partial charge is 0.409 e. The van der Waals surface area contributed by atoms with Crippen molar-refractivity contribution < 1.29 is 19.1 Å². The number of urea groups is 1. The molecule has 4 amide bonds. The largest absolute Gasteiger partial charge is 0.450 e. The number of amides is 4. The van der Waals surface area contributed by atoms with Crippen molar-refractivity contribution in [1.82, 2.24) is 14.8 Å². The molecule has 1 fully saturated rings. The molecule has 0 atom stereocenters. The number of carbonyl (C=O) groups is 3. The van der Waals surface area contributed by atoms with Crippen LogP contribution in [0.2, 0.25) is 0 Å². The molecule has 1 aliphatic rings. The summed E-state index contributed by atoms with van der Waals surface area (Å²) >= 11 is 1.14. The van der Waals surface area contributed by atoms with Gasteiger partial charge in [-0.3, -0.25) is 10.1 Å². The quantitative estimate of drug-likeness (QED) is 0.773. The summed E-state index contributed by atoms with van der Waals surface area (Å²) in [4.78, 5) is 45.0. The Morgan fingerprint density at radius 3 is 2.47 bits per heavy atom. The van der Waals surface area contributed by atoms with Crippen LogP contribution in [0.15, 0.2) is 24.3 Å². The molecule has 160 valence electrons. The summed E-state index contributed by atoms with van der Waals surface area (Å²) in [5, 5.41) is 5.79. The van der Waals surface area contributed by atoms with Crippen LogP contribution < -0.4 is 10.6 Å². The molecule has 9 nitrogen and oxygen atoms in total. The van der Waals surface area contributed by atoms with Gasteiger partial charge in [-0.1, -0.05) is 23.5 Å². The van der Waals surface area contributed by atoms with Crippen LogP contribution in [-0.4, -0.2) is 65.6 Å². The van der Waals surface area contributed by atoms with Crippen LogP contribution in [0.4, 0.5) is 20.4 Å². The zero-order valence-electron chi connectivity index (χ0n) is 17.2. The third-order valence-electron chi connectivity index (χ3n) is 4.58. The maximum absolute atomic E-state index is 12.9. The van der Waals surface area contributed by atoms with Crippen LogP contribution in [0.25, 0.3) is 0 Å². The van der Waals surface area contributed by atoms with E-state index in [1.54, 1.807) is 29.7 Å². The van der Waals surface area contributed by atoms with Gasteiger partial charge >= 0.3 is 12.1 Å². The predicted molar refractivity (Wildman–Crippen MR) is 115 cm³/mol. The van der Waals surface area contributed by atoms with Gasteiger partial charge in [0.25, 0.3) is 5.91 Å². The van der Waals surface area contributed by atoms with Crippen molar-refractivity contribution in [3.8, 4) is 0 Å². The van der Waals surface area contributed by atoms with E-state index in [1.165, 1.54) is 0 Å². The summed E-state index contributed by atoms with van der Waals surface area (Å²) in [7, 11) is 0. The Labute approximate surface area is 179 Å². The summed E-state index contributed by atoms with van der Waals surface area (Å²) in [6.07, 6.45) is -0.357. The summed E-state index contributed by atoms with van der Waals surface area (Å²) in [5.41, 5.74) is 2.27. The minimum Gasteiger partial charge on any atom is -0.450 e. The van der Waals surface area contributed by atoms with Gasteiger partial charge in [0.1, 0.15) is 4.88 Å². The van der Waals surface area contributed by atoms with Gasteiger partial charge in [0.2, 0.25) is 0 Å². The van der Waals surface area contributed by atoms with Crippen LogP contribution in [-0.2, 0) is 4.74 Å². The van der Waals surface area contributed by atoms with Crippen molar-refractivity contribution in [3.05, 3.63) is 40.4 Å². The molecule has 0 radical (unpaired) electrons. The second-order valence-electron chi connectivity index (χ2n) is 6.86. The van der Waals surface area contributed by atoms with Crippen LogP contribution in [0, 0.1) is 13.8 Å². The van der Waals surface area contributed by atoms with Crippen LogP contribution in [0.5, 0.6) is 0 Å². The zero-order chi connectivity index (χ0) is 21.7. The third-order valence-corrected chi connectivity index (χ3v) is 5.64. The number of piperazine rings is 1. The summed E-state index contributed by atoms with van der Waals surface area (Å²) in [6, 6.07) is 7.04. The molecule has 2 aromatic rings. The number of carbonyl (C=O) groups excluding carboxylic acids is 3. The number of hydrogen-bond donors (Lipinski definition) is 2. The summed E-state index contributed by atoms with van der Waals surface area (Å²) in [5.74, 6) is -0.152. The van der Waals surface area contributed by atoms with Gasteiger partial charge in [-0.05, 0) is 38.5 Å². The van der Waals surface area contributed by atoms with Gasteiger partial charge in [-0.2, -0.15) is 0 Å². The summed E-state index contributed by atoms with van der Waals surface area (Å²) < 4.78 is 5.00. The standard InChI is InChI=1S/C20H25N5O4S/c1-4-29-20(28)25-10-8-24(9-11-25)17(26)16-14(3)21-19(30-16)23-18(27)22-15-7-5-6-13(2)12-15/h5-7,12H,4,8-11H2,1-3H3,(H2,21,22,23,27). The highest BCUT2D eigenvalue weighted by molar-refractivity contribution is 7.17. The number of nitrogens with zero attached hydrogens (tertiary/aromatic N) is 3. The van der Waals surface area contributed by atoms with Crippen LogP contribution >= 0.6 is 11.3 Å². The normalized spacial score (nSPS) is 13.7. The first-order chi connectivity index (χ1) is 14.4. The minimum atomic E-state index is -0.420. The average molecular weight is 432 g/mol. The fourth-order valence-electron chi connectivity index (χ4n) is 3.08. The monoisotopic (exact) mass is 431 g/mol. The lowest BCUT2D eigenvalue weighted by Gasteiger charge is -2.33. The molecule has 1 saturated heterocycles. The van der Waals surface area contributed by atoms with Crippen molar-refractivity contribution in [2.45, 2.75) is 20.8 Å². The molecule has 2 heterocycles. The molecule has 1 aromatic carbocycles. The molecule has 10 heteroatoms. The SMILES string of the molecule is CCOC(=O)N1CCN(C(=O)c2sc(NC(=O)Nc3cccc(C)c3)nc2C)CC1. The van der Waals surface area contributed by atoms with E-state index < -0.39 is 6.03 Å². The van der Waals surface area contributed by atoms with E-state index in [0.717, 1.165) is 16.9 Å². The molecule has 2 N–H and O–H groups in total. The number of nitrogens with one attached hydrogen (secondary N) is 2. The van der Waals surface area contributed by atoms with Gasteiger partial charge in [0.15, 0.2) is 5.13 Å². The average Bonchev–Trinajstić information content (AvgIpc) is 3.07. The van der Waals surface area contributed by atoms with Crippen molar-refractivity contribution >= 4 is 40.2 Å². The number of thiazole rings is 1. The van der Waals surface area contributed by atoms with E-state index in [4.69, 9.17) is 4.74 Å². The van der Waals surface area contributed by atoms with Crippen LogP contribution in [0.1, 0.15) is 27.9 Å². The predicted octanol–water partition coefficient (Wildman–Crippen LogP) is 3.32. The van der Waals surface area contributed by atoms with Gasteiger partial charge in [0.05, 0.1) is 12.3 Å². The molecule has 3 rings (SSSR count). The van der Waals surface area contributed by atoms with Gasteiger partial charge in [-0.25, -0.2) is 14.6 Å². The summed E-state index contributed by atoms with van der Waals surface area (Å²) in [6.45, 7) is 7.46. The lowest BCUT2D eigenvalue weighted by molar-refractivity contribution is 0.0573. The van der Waals surface area contributed by atoms with Crippen molar-refractivity contribution in [3.63, 3.8) is 0 Å². The Morgan fingerprint density at radius 1 is 1.10 bits per heavy atom. The highest BCUT2D eigenvalue weighted by Crippen LogP contribution is 2.25. The maximum atomic E-state index is 12.9. The number of aryl methyl sites for hydroxylation is 2. The highest BCUT2D eigenvalue weighted by atomic mass is 32.1. The Hall–Kier alpha value is -3.14. The molecule has 0 saturated carbocycles. The third kappa shape index (κ3) is 5.26. The Kier molecular flexibility index (Phi) is 6.88. The Bertz CT molecular complexity index is 937. The molecule has 0 unspecified atom stereocenters. The molecular weight excluding hydrogens is 406 g/mol. The van der Waals surface area contributed by atoms with E-state index >= 15 is 0 Å².